The number of fused-ring (bicyclic) bond motifs is 1. The average Bonchev–Trinajstić information content (AvgIpc) is 2.90. The fraction of sp³-hybridized carbons (Fsp3) is 0.409. The van der Waals surface area contributed by atoms with Crippen molar-refractivity contribution in [1.29, 1.82) is 0 Å². The number of carbonyl (C=O) groups is 1. The lowest BCUT2D eigenvalue weighted by Gasteiger charge is -2.30. The second-order valence-electron chi connectivity index (χ2n) is 8.08. The summed E-state index contributed by atoms with van der Waals surface area (Å²) in [4.78, 5) is 12.3. The van der Waals surface area contributed by atoms with Gasteiger partial charge in [0, 0.05) is 19.1 Å². The van der Waals surface area contributed by atoms with E-state index in [4.69, 9.17) is 0 Å². The highest BCUT2D eigenvalue weighted by Gasteiger charge is 2.38. The summed E-state index contributed by atoms with van der Waals surface area (Å²) in [5.41, 5.74) is -4.96. The van der Waals surface area contributed by atoms with E-state index in [1.54, 1.807) is 0 Å². The molecule has 0 saturated heterocycles. The summed E-state index contributed by atoms with van der Waals surface area (Å²) >= 11 is 0. The average molecular weight is 513 g/mol. The van der Waals surface area contributed by atoms with Gasteiger partial charge in [0.25, 0.3) is 0 Å². The van der Waals surface area contributed by atoms with E-state index >= 15 is 0 Å². The number of hydrogen-bond donors (Lipinski definition) is 1. The molecule has 192 valence electrons. The van der Waals surface area contributed by atoms with Gasteiger partial charge >= 0.3 is 18.5 Å². The van der Waals surface area contributed by atoms with Crippen LogP contribution in [-0.2, 0) is 25.1 Å². The van der Waals surface area contributed by atoms with Gasteiger partial charge in [-0.25, -0.2) is 0 Å². The lowest BCUT2D eigenvalue weighted by atomic mass is 9.95. The van der Waals surface area contributed by atoms with Crippen LogP contribution < -0.4 is 15.3 Å². The molecule has 35 heavy (non-hydrogen) atoms. The normalized spacial score (nSPS) is 17.2. The first-order valence-corrected chi connectivity index (χ1v) is 10.2. The lowest BCUT2D eigenvalue weighted by Crippen LogP contribution is -2.42. The smallest absolute Gasteiger partial charge is 0.416 e. The minimum Gasteiger partial charge on any atom is -0.530 e. The van der Waals surface area contributed by atoms with Crippen LogP contribution in [0.1, 0.15) is 52.3 Å². The number of rotatable bonds is 3. The van der Waals surface area contributed by atoms with Crippen molar-refractivity contribution in [2.75, 3.05) is 11.4 Å². The molecule has 1 N–H and O–H groups in total. The van der Waals surface area contributed by atoms with Crippen LogP contribution in [-0.4, -0.2) is 12.6 Å². The molecule has 4 nitrogen and oxygen atoms in total. The van der Waals surface area contributed by atoms with Crippen LogP contribution in [0.3, 0.4) is 0 Å². The summed E-state index contributed by atoms with van der Waals surface area (Å²) < 4.78 is 119. The highest BCUT2D eigenvalue weighted by Crippen LogP contribution is 2.42. The van der Waals surface area contributed by atoms with E-state index in [-0.39, 0.29) is 47.8 Å². The lowest BCUT2D eigenvalue weighted by molar-refractivity contribution is -0.246. The number of alkyl halides is 9. The van der Waals surface area contributed by atoms with Crippen molar-refractivity contribution in [3.05, 3.63) is 63.7 Å². The molecule has 1 unspecified atom stereocenters. The van der Waals surface area contributed by atoms with Crippen LogP contribution >= 0.6 is 0 Å². The molecule has 0 spiro atoms. The van der Waals surface area contributed by atoms with E-state index in [1.807, 2.05) is 0 Å². The highest BCUT2D eigenvalue weighted by molar-refractivity contribution is 5.88. The number of nitrogens with zero attached hydrogens (tertiary/aromatic N) is 1. The van der Waals surface area contributed by atoms with E-state index in [9.17, 15) is 49.4 Å². The SMILES string of the molecule is Cc1c(C(F)(F)F)ccc2c1N(C(=O)[O-])CCCC2NCc1cc(C(F)(F)F)cc(C(F)(F)F)c1. The fourth-order valence-corrected chi connectivity index (χ4v) is 4.15. The summed E-state index contributed by atoms with van der Waals surface area (Å²) in [6.45, 7) is 0.405. The Kier molecular flexibility index (Phi) is 7.04. The summed E-state index contributed by atoms with van der Waals surface area (Å²) in [5.74, 6) is 0. The van der Waals surface area contributed by atoms with Gasteiger partial charge in [0.1, 0.15) is 6.09 Å². The molecule has 1 amide bonds. The monoisotopic (exact) mass is 513 g/mol. The molecule has 0 aliphatic carbocycles. The molecule has 0 fully saturated rings. The number of hydrogen-bond acceptors (Lipinski definition) is 3. The van der Waals surface area contributed by atoms with E-state index in [2.05, 4.69) is 5.32 Å². The third-order valence-electron chi connectivity index (χ3n) is 5.71. The van der Waals surface area contributed by atoms with E-state index in [1.165, 1.54) is 0 Å². The van der Waals surface area contributed by atoms with E-state index in [0.717, 1.165) is 19.1 Å². The Morgan fingerprint density at radius 1 is 0.971 bits per heavy atom. The maximum atomic E-state index is 13.4. The highest BCUT2D eigenvalue weighted by atomic mass is 19.4. The first-order chi connectivity index (χ1) is 16.0. The van der Waals surface area contributed by atoms with Crippen molar-refractivity contribution in [2.24, 2.45) is 0 Å². The molecule has 1 aliphatic rings. The molecule has 2 aromatic carbocycles. The van der Waals surface area contributed by atoms with Crippen LogP contribution in [0.2, 0.25) is 0 Å². The summed E-state index contributed by atoms with van der Waals surface area (Å²) in [6, 6.07) is 2.05. The van der Waals surface area contributed by atoms with Gasteiger partial charge in [-0.05, 0) is 60.7 Å². The van der Waals surface area contributed by atoms with Crippen molar-refractivity contribution in [1.82, 2.24) is 5.32 Å². The van der Waals surface area contributed by atoms with Crippen LogP contribution in [0, 0.1) is 6.92 Å². The summed E-state index contributed by atoms with van der Waals surface area (Å²) in [5, 5.41) is 14.4. The van der Waals surface area contributed by atoms with Crippen LogP contribution in [0.25, 0.3) is 0 Å². The maximum Gasteiger partial charge on any atom is 0.416 e. The molecule has 0 saturated carbocycles. The Morgan fingerprint density at radius 3 is 2.03 bits per heavy atom. The third kappa shape index (κ3) is 5.82. The largest absolute Gasteiger partial charge is 0.530 e. The van der Waals surface area contributed by atoms with Crippen LogP contribution in [0.4, 0.5) is 50.0 Å². The van der Waals surface area contributed by atoms with Crippen LogP contribution in [0.15, 0.2) is 30.3 Å². The Morgan fingerprint density at radius 2 is 1.54 bits per heavy atom. The van der Waals surface area contributed by atoms with Crippen LogP contribution in [0.5, 0.6) is 0 Å². The number of carboxylic acid groups (broad SMARTS) is 1. The van der Waals surface area contributed by atoms with Crippen molar-refractivity contribution in [3.8, 4) is 0 Å². The molecule has 0 bridgehead atoms. The first kappa shape index (κ1) is 26.6. The molecular weight excluding hydrogens is 495 g/mol. The third-order valence-corrected chi connectivity index (χ3v) is 5.71. The number of carbonyl (C=O) groups excluding carboxylic acids is 1. The molecular formula is C22H18F9N2O2-. The summed E-state index contributed by atoms with van der Waals surface area (Å²) in [7, 11) is 0. The Balaban J connectivity index is 2.01. The number of halogens is 9. The van der Waals surface area contributed by atoms with E-state index < -0.39 is 53.9 Å². The fourth-order valence-electron chi connectivity index (χ4n) is 4.15. The standard InChI is InChI=1S/C22H19F9N2O2/c1-11-16(22(29,30)31)5-4-15-17(3-2-6-33(18(11)15)19(34)35)32-10-12-7-13(20(23,24)25)9-14(8-12)21(26,27)28/h4-5,7-9,17,32H,2-3,6,10H2,1H3,(H,34,35)/p-1. The Labute approximate surface area is 193 Å². The predicted molar refractivity (Wildman–Crippen MR) is 104 cm³/mol. The minimum absolute atomic E-state index is 0.00971. The first-order valence-electron chi connectivity index (χ1n) is 10.2. The molecule has 0 aromatic heterocycles. The van der Waals surface area contributed by atoms with Gasteiger partial charge in [-0.15, -0.1) is 0 Å². The molecule has 3 rings (SSSR count). The maximum absolute atomic E-state index is 13.4. The quantitative estimate of drug-likeness (QED) is 0.526. The zero-order valence-electron chi connectivity index (χ0n) is 18.0. The van der Waals surface area contributed by atoms with Crippen molar-refractivity contribution >= 4 is 11.8 Å². The zero-order chi connectivity index (χ0) is 26.3. The number of nitrogens with one attached hydrogen (secondary N) is 1. The van der Waals surface area contributed by atoms with Crippen molar-refractivity contribution in [3.63, 3.8) is 0 Å². The van der Waals surface area contributed by atoms with Crippen molar-refractivity contribution in [2.45, 2.75) is 50.9 Å². The van der Waals surface area contributed by atoms with Gasteiger partial charge in [0.2, 0.25) is 0 Å². The van der Waals surface area contributed by atoms with Gasteiger partial charge < -0.3 is 20.1 Å². The van der Waals surface area contributed by atoms with Gasteiger partial charge in [-0.2, -0.15) is 39.5 Å². The number of benzene rings is 2. The molecule has 2 aromatic rings. The second-order valence-corrected chi connectivity index (χ2v) is 8.08. The molecule has 1 heterocycles. The zero-order valence-corrected chi connectivity index (χ0v) is 18.0. The van der Waals surface area contributed by atoms with Gasteiger partial charge in [-0.1, -0.05) is 6.07 Å². The molecule has 0 radical (unpaired) electrons. The van der Waals surface area contributed by atoms with E-state index in [0.29, 0.717) is 17.0 Å². The van der Waals surface area contributed by atoms with Gasteiger partial charge in [-0.3, -0.25) is 0 Å². The predicted octanol–water partition coefficient (Wildman–Crippen LogP) is 5.83. The Bertz CT molecular complexity index is 1080. The second kappa shape index (κ2) is 9.25. The Hall–Kier alpha value is -2.96. The summed E-state index contributed by atoms with van der Waals surface area (Å²) in [6.07, 6.45) is -16.3. The molecule has 13 heteroatoms. The minimum atomic E-state index is -5.04. The molecule has 1 aliphatic heterocycles. The number of amides is 1. The number of anilines is 1. The van der Waals surface area contributed by atoms with Crippen molar-refractivity contribution < 1.29 is 49.4 Å². The van der Waals surface area contributed by atoms with Gasteiger partial charge in [0.05, 0.1) is 22.4 Å². The topological polar surface area (TPSA) is 55.4 Å². The molecule has 1 atom stereocenters. The van der Waals surface area contributed by atoms with Gasteiger partial charge in [0.15, 0.2) is 0 Å².